The SMILES string of the molecule is CCOC(=O)c1ccccc1Nc1cc(NCCc2ccccc2)nc(C)n1. The fourth-order valence-electron chi connectivity index (χ4n) is 2.82. The van der Waals surface area contributed by atoms with E-state index < -0.39 is 0 Å². The number of hydrogen-bond acceptors (Lipinski definition) is 6. The van der Waals surface area contributed by atoms with Crippen LogP contribution in [0.3, 0.4) is 0 Å². The van der Waals surface area contributed by atoms with Crippen molar-refractivity contribution in [3.63, 3.8) is 0 Å². The minimum absolute atomic E-state index is 0.329. The molecule has 3 rings (SSSR count). The van der Waals surface area contributed by atoms with E-state index in [1.807, 2.05) is 43.3 Å². The van der Waals surface area contributed by atoms with Crippen LogP contribution >= 0.6 is 0 Å². The van der Waals surface area contributed by atoms with Gasteiger partial charge in [0.05, 0.1) is 17.9 Å². The van der Waals surface area contributed by atoms with Crippen LogP contribution in [0, 0.1) is 6.92 Å². The second-order valence-electron chi connectivity index (χ2n) is 6.24. The molecule has 0 unspecified atom stereocenters. The van der Waals surface area contributed by atoms with E-state index in [0.29, 0.717) is 29.5 Å². The van der Waals surface area contributed by atoms with E-state index in [0.717, 1.165) is 18.8 Å². The van der Waals surface area contributed by atoms with Gasteiger partial charge in [0, 0.05) is 12.6 Å². The van der Waals surface area contributed by atoms with Crippen molar-refractivity contribution in [3.8, 4) is 0 Å². The highest BCUT2D eigenvalue weighted by Gasteiger charge is 2.13. The number of aryl methyl sites for hydroxylation is 1. The van der Waals surface area contributed by atoms with Crippen molar-refractivity contribution >= 4 is 23.3 Å². The topological polar surface area (TPSA) is 76.1 Å². The van der Waals surface area contributed by atoms with Crippen molar-refractivity contribution in [2.75, 3.05) is 23.8 Å². The van der Waals surface area contributed by atoms with E-state index in [9.17, 15) is 4.79 Å². The summed E-state index contributed by atoms with van der Waals surface area (Å²) < 4.78 is 5.12. The van der Waals surface area contributed by atoms with Gasteiger partial charge in [-0.25, -0.2) is 14.8 Å². The fraction of sp³-hybridized carbons (Fsp3) is 0.227. The van der Waals surface area contributed by atoms with Gasteiger partial charge in [-0.05, 0) is 38.0 Å². The lowest BCUT2D eigenvalue weighted by Gasteiger charge is -2.13. The summed E-state index contributed by atoms with van der Waals surface area (Å²) in [6, 6.07) is 19.3. The maximum Gasteiger partial charge on any atom is 0.340 e. The van der Waals surface area contributed by atoms with Crippen molar-refractivity contribution in [2.45, 2.75) is 20.3 Å². The number of para-hydroxylation sites is 1. The summed E-state index contributed by atoms with van der Waals surface area (Å²) in [6.07, 6.45) is 0.901. The highest BCUT2D eigenvalue weighted by atomic mass is 16.5. The van der Waals surface area contributed by atoms with Gasteiger partial charge in [-0.2, -0.15) is 0 Å². The lowest BCUT2D eigenvalue weighted by atomic mass is 10.1. The molecule has 0 aliphatic carbocycles. The standard InChI is InChI=1S/C22H24N4O2/c1-3-28-22(27)18-11-7-8-12-19(18)26-21-15-20(24-16(2)25-21)23-14-13-17-9-5-4-6-10-17/h4-12,15H,3,13-14H2,1-2H3,(H2,23,24,25,26). The first kappa shape index (κ1) is 19.4. The lowest BCUT2D eigenvalue weighted by Crippen LogP contribution is -2.10. The average Bonchev–Trinajstić information content (AvgIpc) is 2.69. The van der Waals surface area contributed by atoms with Gasteiger partial charge >= 0.3 is 5.97 Å². The summed E-state index contributed by atoms with van der Waals surface area (Å²) in [7, 11) is 0. The van der Waals surface area contributed by atoms with Crippen LogP contribution in [-0.2, 0) is 11.2 Å². The third kappa shape index (κ3) is 5.30. The van der Waals surface area contributed by atoms with Gasteiger partial charge in [0.2, 0.25) is 0 Å². The Labute approximate surface area is 165 Å². The number of carbonyl (C=O) groups is 1. The van der Waals surface area contributed by atoms with Gasteiger partial charge in [-0.15, -0.1) is 0 Å². The van der Waals surface area contributed by atoms with Crippen LogP contribution in [0.4, 0.5) is 17.3 Å². The van der Waals surface area contributed by atoms with E-state index >= 15 is 0 Å². The third-order valence-electron chi connectivity index (χ3n) is 4.09. The highest BCUT2D eigenvalue weighted by Crippen LogP contribution is 2.22. The van der Waals surface area contributed by atoms with Crippen LogP contribution in [0.25, 0.3) is 0 Å². The molecule has 0 atom stereocenters. The Kier molecular flexibility index (Phi) is 6.57. The molecule has 3 aromatic rings. The van der Waals surface area contributed by atoms with Gasteiger partial charge in [-0.3, -0.25) is 0 Å². The van der Waals surface area contributed by atoms with Gasteiger partial charge in [0.15, 0.2) is 0 Å². The second kappa shape index (κ2) is 9.50. The zero-order chi connectivity index (χ0) is 19.8. The molecule has 144 valence electrons. The fourth-order valence-corrected chi connectivity index (χ4v) is 2.82. The third-order valence-corrected chi connectivity index (χ3v) is 4.09. The first-order valence-corrected chi connectivity index (χ1v) is 9.32. The van der Waals surface area contributed by atoms with Crippen LogP contribution in [0.15, 0.2) is 60.7 Å². The number of nitrogens with one attached hydrogen (secondary N) is 2. The van der Waals surface area contributed by atoms with Crippen molar-refractivity contribution in [2.24, 2.45) is 0 Å². The van der Waals surface area contributed by atoms with E-state index in [2.05, 4.69) is 32.7 Å². The monoisotopic (exact) mass is 376 g/mol. The van der Waals surface area contributed by atoms with Gasteiger partial charge in [0.1, 0.15) is 17.5 Å². The van der Waals surface area contributed by atoms with E-state index in [-0.39, 0.29) is 5.97 Å². The zero-order valence-electron chi connectivity index (χ0n) is 16.1. The van der Waals surface area contributed by atoms with Crippen LogP contribution in [-0.4, -0.2) is 29.1 Å². The molecule has 0 spiro atoms. The van der Waals surface area contributed by atoms with Gasteiger partial charge < -0.3 is 15.4 Å². The Hall–Kier alpha value is -3.41. The van der Waals surface area contributed by atoms with Crippen LogP contribution in [0.2, 0.25) is 0 Å². The normalized spacial score (nSPS) is 10.4. The van der Waals surface area contributed by atoms with E-state index in [1.165, 1.54) is 5.56 Å². The number of ether oxygens (including phenoxy) is 1. The maximum absolute atomic E-state index is 12.2. The zero-order valence-corrected chi connectivity index (χ0v) is 16.1. The molecule has 0 saturated carbocycles. The largest absolute Gasteiger partial charge is 0.462 e. The Bertz CT molecular complexity index is 929. The Balaban J connectivity index is 1.71. The number of rotatable bonds is 8. The summed E-state index contributed by atoms with van der Waals surface area (Å²) in [5, 5.41) is 6.54. The molecule has 0 radical (unpaired) electrons. The van der Waals surface area contributed by atoms with Crippen LogP contribution in [0.5, 0.6) is 0 Å². The molecule has 6 heteroatoms. The van der Waals surface area contributed by atoms with Crippen molar-refractivity contribution < 1.29 is 9.53 Å². The molecular formula is C22H24N4O2. The van der Waals surface area contributed by atoms with Crippen LogP contribution < -0.4 is 10.6 Å². The predicted octanol–water partition coefficient (Wildman–Crippen LogP) is 4.36. The summed E-state index contributed by atoms with van der Waals surface area (Å²) >= 11 is 0. The van der Waals surface area contributed by atoms with Crippen molar-refractivity contribution in [3.05, 3.63) is 77.6 Å². The van der Waals surface area contributed by atoms with E-state index in [4.69, 9.17) is 4.74 Å². The number of esters is 1. The smallest absolute Gasteiger partial charge is 0.340 e. The molecule has 2 aromatic carbocycles. The maximum atomic E-state index is 12.2. The first-order valence-electron chi connectivity index (χ1n) is 9.32. The minimum atomic E-state index is -0.363. The molecule has 0 fully saturated rings. The first-order chi connectivity index (χ1) is 13.7. The molecular weight excluding hydrogens is 352 g/mol. The summed E-state index contributed by atoms with van der Waals surface area (Å²) in [5.41, 5.74) is 2.39. The molecule has 0 bridgehead atoms. The summed E-state index contributed by atoms with van der Waals surface area (Å²) in [5.74, 6) is 1.63. The van der Waals surface area contributed by atoms with Crippen molar-refractivity contribution in [1.82, 2.24) is 9.97 Å². The number of hydrogen-bond donors (Lipinski definition) is 2. The quantitative estimate of drug-likeness (QED) is 0.569. The number of aromatic nitrogens is 2. The molecule has 1 heterocycles. The predicted molar refractivity (Wildman–Crippen MR) is 111 cm³/mol. The number of carbonyl (C=O) groups excluding carboxylic acids is 1. The molecule has 1 aromatic heterocycles. The van der Waals surface area contributed by atoms with E-state index in [1.54, 1.807) is 19.1 Å². The average molecular weight is 376 g/mol. The molecule has 0 aliphatic rings. The molecule has 0 aliphatic heterocycles. The van der Waals surface area contributed by atoms with Crippen molar-refractivity contribution in [1.29, 1.82) is 0 Å². The molecule has 2 N–H and O–H groups in total. The molecule has 0 saturated heterocycles. The number of anilines is 3. The molecule has 28 heavy (non-hydrogen) atoms. The Morgan fingerprint density at radius 2 is 1.71 bits per heavy atom. The second-order valence-corrected chi connectivity index (χ2v) is 6.24. The number of nitrogens with zero attached hydrogens (tertiary/aromatic N) is 2. The summed E-state index contributed by atoms with van der Waals surface area (Å²) in [4.78, 5) is 21.0. The molecule has 0 amide bonds. The van der Waals surface area contributed by atoms with Gasteiger partial charge in [0.25, 0.3) is 0 Å². The Morgan fingerprint density at radius 3 is 2.50 bits per heavy atom. The lowest BCUT2D eigenvalue weighted by molar-refractivity contribution is 0.0527. The Morgan fingerprint density at radius 1 is 1.00 bits per heavy atom. The summed E-state index contributed by atoms with van der Waals surface area (Å²) in [6.45, 7) is 4.72. The minimum Gasteiger partial charge on any atom is -0.462 e. The number of benzene rings is 2. The van der Waals surface area contributed by atoms with Gasteiger partial charge in [-0.1, -0.05) is 42.5 Å². The highest BCUT2D eigenvalue weighted by molar-refractivity contribution is 5.96. The molecule has 6 nitrogen and oxygen atoms in total. The van der Waals surface area contributed by atoms with Crippen LogP contribution in [0.1, 0.15) is 28.7 Å².